The van der Waals surface area contributed by atoms with Crippen molar-refractivity contribution >= 4 is 11.1 Å². The summed E-state index contributed by atoms with van der Waals surface area (Å²) >= 11 is 0. The van der Waals surface area contributed by atoms with Crippen LogP contribution in [0, 0.1) is 31.6 Å². The molecular formula is C26H39N. The molecule has 0 amide bonds. The molecule has 27 heavy (non-hydrogen) atoms. The standard InChI is InChI=1S/C15H19N.C9H18.C2H2/c1-5-7-13-10-14(11(2)3)15-12(4)8-6-9-16(13)15;1-3-9-6-4-5-8(2)7-9;1-2/h6,8-10H,2,5,7H2,1,3-4H3;8-9H,3-7H2,1-2H3;1-2H. The van der Waals surface area contributed by atoms with Gasteiger partial charge in [-0.15, -0.1) is 12.8 Å². The van der Waals surface area contributed by atoms with Gasteiger partial charge in [0.2, 0.25) is 0 Å². The van der Waals surface area contributed by atoms with Crippen molar-refractivity contribution in [2.24, 2.45) is 11.8 Å². The lowest BCUT2D eigenvalue weighted by molar-refractivity contribution is 0.276. The lowest BCUT2D eigenvalue weighted by Crippen LogP contribution is -2.11. The summed E-state index contributed by atoms with van der Waals surface area (Å²) in [5, 5.41) is 0. The molecule has 2 aromatic heterocycles. The normalized spacial score (nSPS) is 18.8. The van der Waals surface area contributed by atoms with Crippen LogP contribution >= 0.6 is 0 Å². The quantitative estimate of drug-likeness (QED) is 0.489. The van der Waals surface area contributed by atoms with E-state index >= 15 is 0 Å². The average Bonchev–Trinajstić information content (AvgIpc) is 3.05. The highest BCUT2D eigenvalue weighted by Gasteiger charge is 2.16. The molecule has 1 aliphatic rings. The zero-order valence-electron chi connectivity index (χ0n) is 18.2. The zero-order chi connectivity index (χ0) is 20.4. The van der Waals surface area contributed by atoms with Crippen molar-refractivity contribution in [2.45, 2.75) is 79.6 Å². The highest BCUT2D eigenvalue weighted by Crippen LogP contribution is 2.30. The second-order valence-corrected chi connectivity index (χ2v) is 8.04. The number of hydrogen-bond acceptors (Lipinski definition) is 0. The first kappa shape index (κ1) is 23.1. The van der Waals surface area contributed by atoms with Crippen LogP contribution in [0.3, 0.4) is 0 Å². The van der Waals surface area contributed by atoms with Crippen LogP contribution in [0.4, 0.5) is 0 Å². The summed E-state index contributed by atoms with van der Waals surface area (Å²) in [7, 11) is 0. The fourth-order valence-electron chi connectivity index (χ4n) is 4.21. The van der Waals surface area contributed by atoms with Crippen LogP contribution in [-0.4, -0.2) is 4.40 Å². The molecule has 0 bridgehead atoms. The molecule has 0 aromatic carbocycles. The van der Waals surface area contributed by atoms with Crippen LogP contribution in [0.2, 0.25) is 0 Å². The lowest BCUT2D eigenvalue weighted by atomic mass is 9.81. The Balaban J connectivity index is 0.000000282. The number of aryl methyl sites for hydroxylation is 2. The third kappa shape index (κ3) is 6.31. The molecule has 1 heteroatoms. The summed E-state index contributed by atoms with van der Waals surface area (Å²) in [4.78, 5) is 0. The predicted octanol–water partition coefficient (Wildman–Crippen LogP) is 7.71. The van der Waals surface area contributed by atoms with E-state index in [1.165, 1.54) is 60.9 Å². The van der Waals surface area contributed by atoms with Gasteiger partial charge < -0.3 is 4.40 Å². The van der Waals surface area contributed by atoms with Crippen LogP contribution in [0.15, 0.2) is 31.0 Å². The molecule has 0 saturated heterocycles. The first-order valence-electron chi connectivity index (χ1n) is 10.6. The maximum absolute atomic E-state index is 4.08. The van der Waals surface area contributed by atoms with Gasteiger partial charge in [0.25, 0.3) is 0 Å². The van der Waals surface area contributed by atoms with Gasteiger partial charge in [-0.2, -0.15) is 0 Å². The molecule has 0 spiro atoms. The van der Waals surface area contributed by atoms with Gasteiger partial charge in [0.05, 0.1) is 5.52 Å². The van der Waals surface area contributed by atoms with Crippen LogP contribution in [0.5, 0.6) is 0 Å². The molecule has 148 valence electrons. The van der Waals surface area contributed by atoms with E-state index in [4.69, 9.17) is 0 Å². The summed E-state index contributed by atoms with van der Waals surface area (Å²) < 4.78 is 2.31. The first-order valence-corrected chi connectivity index (χ1v) is 10.6. The molecule has 1 saturated carbocycles. The minimum atomic E-state index is 1.02. The van der Waals surface area contributed by atoms with E-state index in [0.717, 1.165) is 23.8 Å². The van der Waals surface area contributed by atoms with Crippen molar-refractivity contribution in [3.63, 3.8) is 0 Å². The molecule has 2 unspecified atom stereocenters. The Morgan fingerprint density at radius 1 is 1.26 bits per heavy atom. The largest absolute Gasteiger partial charge is 0.320 e. The third-order valence-electron chi connectivity index (χ3n) is 5.66. The van der Waals surface area contributed by atoms with E-state index in [1.807, 2.05) is 0 Å². The van der Waals surface area contributed by atoms with Gasteiger partial charge in [0.1, 0.15) is 0 Å². The highest BCUT2D eigenvalue weighted by atomic mass is 14.9. The Morgan fingerprint density at radius 3 is 2.48 bits per heavy atom. The topological polar surface area (TPSA) is 4.41 Å². The van der Waals surface area contributed by atoms with Crippen LogP contribution in [0.1, 0.15) is 83.0 Å². The Hall–Kier alpha value is -1.94. The van der Waals surface area contributed by atoms with E-state index in [1.54, 1.807) is 0 Å². The van der Waals surface area contributed by atoms with Gasteiger partial charge in [0, 0.05) is 17.5 Å². The van der Waals surface area contributed by atoms with E-state index < -0.39 is 0 Å². The van der Waals surface area contributed by atoms with Gasteiger partial charge in [0.15, 0.2) is 0 Å². The molecule has 2 aromatic rings. The smallest absolute Gasteiger partial charge is 0.0556 e. The van der Waals surface area contributed by atoms with Crippen LogP contribution in [-0.2, 0) is 6.42 Å². The molecule has 2 heterocycles. The number of aromatic nitrogens is 1. The predicted molar refractivity (Wildman–Crippen MR) is 122 cm³/mol. The summed E-state index contributed by atoms with van der Waals surface area (Å²) in [6, 6.07) is 6.56. The summed E-state index contributed by atoms with van der Waals surface area (Å²) in [5.41, 5.74) is 6.47. The third-order valence-corrected chi connectivity index (χ3v) is 5.66. The van der Waals surface area contributed by atoms with Crippen molar-refractivity contribution < 1.29 is 0 Å². The lowest BCUT2D eigenvalue weighted by Gasteiger charge is -2.25. The summed E-state index contributed by atoms with van der Waals surface area (Å²) in [6.07, 6.45) is 19.8. The number of terminal acetylenes is 1. The van der Waals surface area contributed by atoms with Crippen LogP contribution in [0.25, 0.3) is 11.1 Å². The molecule has 0 aliphatic heterocycles. The minimum absolute atomic E-state index is 1.02. The Bertz CT molecular complexity index is 731. The molecule has 1 fully saturated rings. The zero-order valence-corrected chi connectivity index (χ0v) is 18.2. The SMILES string of the molecule is C#C.C=C(C)c1cc(CCC)n2cccc(C)c12.CCC1CCCC(C)C1. The van der Waals surface area contributed by atoms with Gasteiger partial charge in [-0.05, 0) is 61.8 Å². The number of allylic oxidation sites excluding steroid dienone is 1. The summed E-state index contributed by atoms with van der Waals surface area (Å²) in [5.74, 6) is 2.08. The van der Waals surface area contributed by atoms with Gasteiger partial charge in [-0.1, -0.05) is 65.5 Å². The van der Waals surface area contributed by atoms with Crippen molar-refractivity contribution in [1.29, 1.82) is 0 Å². The number of hydrogen-bond donors (Lipinski definition) is 0. The molecular weight excluding hydrogens is 326 g/mol. The minimum Gasteiger partial charge on any atom is -0.320 e. The van der Waals surface area contributed by atoms with Gasteiger partial charge >= 0.3 is 0 Å². The Morgan fingerprint density at radius 2 is 1.96 bits per heavy atom. The van der Waals surface area contributed by atoms with Crippen LogP contribution < -0.4 is 0 Å². The number of fused-ring (bicyclic) bond motifs is 1. The van der Waals surface area contributed by atoms with Gasteiger partial charge in [-0.3, -0.25) is 0 Å². The van der Waals surface area contributed by atoms with Crippen molar-refractivity contribution in [1.82, 2.24) is 4.40 Å². The Labute approximate surface area is 167 Å². The summed E-state index contributed by atoms with van der Waals surface area (Å²) in [6.45, 7) is 15.3. The average molecular weight is 366 g/mol. The van der Waals surface area contributed by atoms with Crippen molar-refractivity contribution in [3.05, 3.63) is 47.8 Å². The maximum atomic E-state index is 4.08. The second kappa shape index (κ2) is 11.7. The molecule has 0 radical (unpaired) electrons. The fraction of sp³-hybridized carbons (Fsp3) is 0.538. The van der Waals surface area contributed by atoms with E-state index in [-0.39, 0.29) is 0 Å². The first-order chi connectivity index (χ1) is 13.0. The molecule has 0 N–H and O–H groups in total. The van der Waals surface area contributed by atoms with Gasteiger partial charge in [-0.25, -0.2) is 0 Å². The van der Waals surface area contributed by atoms with E-state index in [9.17, 15) is 0 Å². The molecule has 1 aliphatic carbocycles. The van der Waals surface area contributed by atoms with Crippen molar-refractivity contribution in [2.75, 3.05) is 0 Å². The fourth-order valence-corrected chi connectivity index (χ4v) is 4.21. The number of pyridine rings is 1. The monoisotopic (exact) mass is 365 g/mol. The van der Waals surface area contributed by atoms with Crippen molar-refractivity contribution in [3.8, 4) is 12.8 Å². The Kier molecular flexibility index (Phi) is 10.0. The second-order valence-electron chi connectivity index (χ2n) is 8.04. The van der Waals surface area contributed by atoms with E-state index in [2.05, 4.69) is 82.8 Å². The molecule has 2 atom stereocenters. The number of nitrogens with zero attached hydrogens (tertiary/aromatic N) is 1. The maximum Gasteiger partial charge on any atom is 0.0556 e. The molecule has 1 nitrogen and oxygen atoms in total. The highest BCUT2D eigenvalue weighted by molar-refractivity contribution is 5.80. The number of rotatable bonds is 4. The molecule has 3 rings (SSSR count). The van der Waals surface area contributed by atoms with E-state index in [0.29, 0.717) is 0 Å².